The monoisotopic (exact) mass is 312 g/mol. The molecular weight excluding hydrogens is 282 g/mol. The van der Waals surface area contributed by atoms with Crippen LogP contribution in [0.3, 0.4) is 0 Å². The normalized spacial score (nSPS) is 56.9. The average molecular weight is 312 g/mol. The lowest BCUT2D eigenvalue weighted by molar-refractivity contribution is -0.226. The summed E-state index contributed by atoms with van der Waals surface area (Å²) >= 11 is 0. The Hall–Kier alpha value is -0.180. The lowest BCUT2D eigenvalue weighted by Crippen LogP contribution is -2.59. The third-order valence-corrected chi connectivity index (χ3v) is 8.51. The first-order valence-electron chi connectivity index (χ1n) is 9.35. The van der Waals surface area contributed by atoms with Crippen LogP contribution in [0.5, 0.6) is 0 Å². The first kappa shape index (κ1) is 15.4. The fourth-order valence-corrected chi connectivity index (χ4v) is 7.32. The Morgan fingerprint density at radius 3 is 2.36 bits per heavy atom. The number of aliphatic hydroxyl groups excluding tert-OH is 1. The molecule has 126 valence electrons. The summed E-state index contributed by atoms with van der Waals surface area (Å²) in [6.45, 7) is 4.34. The molecule has 4 rings (SSSR count). The fourth-order valence-electron chi connectivity index (χ4n) is 7.32. The second kappa shape index (κ2) is 4.68. The summed E-state index contributed by atoms with van der Waals surface area (Å²) in [7, 11) is 0. The topological polar surface area (TPSA) is 20.2 Å². The minimum atomic E-state index is -2.50. The van der Waals surface area contributed by atoms with Crippen molar-refractivity contribution in [1.29, 1.82) is 0 Å². The van der Waals surface area contributed by atoms with Crippen LogP contribution in [0.15, 0.2) is 0 Å². The van der Waals surface area contributed by atoms with Gasteiger partial charge in [-0.3, -0.25) is 0 Å². The Morgan fingerprint density at radius 2 is 1.59 bits per heavy atom. The maximum absolute atomic E-state index is 15.0. The van der Waals surface area contributed by atoms with Crippen molar-refractivity contribution in [3.8, 4) is 0 Å². The summed E-state index contributed by atoms with van der Waals surface area (Å²) in [6, 6.07) is 0. The van der Waals surface area contributed by atoms with E-state index in [1.165, 1.54) is 0 Å². The van der Waals surface area contributed by atoms with Crippen molar-refractivity contribution in [3.63, 3.8) is 0 Å². The smallest absolute Gasteiger partial charge is 0.251 e. The molecule has 0 saturated heterocycles. The van der Waals surface area contributed by atoms with E-state index >= 15 is 0 Å². The predicted molar refractivity (Wildman–Crippen MR) is 82.7 cm³/mol. The number of rotatable bonds is 0. The predicted octanol–water partition coefficient (Wildman–Crippen LogP) is 5.03. The lowest BCUT2D eigenvalue weighted by Gasteiger charge is -2.62. The number of aliphatic hydroxyl groups is 1. The van der Waals surface area contributed by atoms with Gasteiger partial charge in [-0.05, 0) is 67.1 Å². The van der Waals surface area contributed by atoms with E-state index in [9.17, 15) is 13.9 Å². The van der Waals surface area contributed by atoms with Gasteiger partial charge in [0, 0.05) is 12.3 Å². The number of hydrogen-bond donors (Lipinski definition) is 1. The van der Waals surface area contributed by atoms with E-state index in [-0.39, 0.29) is 29.3 Å². The van der Waals surface area contributed by atoms with E-state index in [1.54, 1.807) is 0 Å². The third kappa shape index (κ3) is 1.84. The zero-order valence-corrected chi connectivity index (χ0v) is 14.0. The zero-order valence-electron chi connectivity index (χ0n) is 14.0. The highest BCUT2D eigenvalue weighted by molar-refractivity contribution is 5.12. The fraction of sp³-hybridized carbons (Fsp3) is 1.00. The highest BCUT2D eigenvalue weighted by Gasteiger charge is 2.66. The molecule has 1 nitrogen and oxygen atoms in total. The molecule has 7 unspecified atom stereocenters. The van der Waals surface area contributed by atoms with E-state index in [0.29, 0.717) is 11.8 Å². The standard InChI is InChI=1S/C19H30F2O/c1-17-9-4-3-5-15(17)19(20,21)11-12-13-6-7-16(22)18(13,2)10-8-14(12)17/h12-16,22H,3-11H2,1-2H3. The van der Waals surface area contributed by atoms with Gasteiger partial charge in [0.1, 0.15) is 0 Å². The number of fused-ring (bicyclic) bond motifs is 5. The molecule has 0 amide bonds. The van der Waals surface area contributed by atoms with Crippen molar-refractivity contribution < 1.29 is 13.9 Å². The number of alkyl halides is 2. The van der Waals surface area contributed by atoms with Crippen LogP contribution in [-0.4, -0.2) is 17.1 Å². The van der Waals surface area contributed by atoms with Crippen LogP contribution in [0, 0.1) is 34.5 Å². The maximum atomic E-state index is 15.0. The second-order valence-corrected chi connectivity index (χ2v) is 9.28. The molecule has 0 aromatic carbocycles. The van der Waals surface area contributed by atoms with Gasteiger partial charge < -0.3 is 5.11 Å². The Balaban J connectivity index is 1.72. The van der Waals surface area contributed by atoms with Gasteiger partial charge in [0.2, 0.25) is 0 Å². The first-order chi connectivity index (χ1) is 10.3. The SMILES string of the molecule is CC12CCC3C(CC(F)(F)C4CCCCC34C)C1CCC2O. The van der Waals surface area contributed by atoms with Gasteiger partial charge in [0.25, 0.3) is 5.92 Å². The van der Waals surface area contributed by atoms with Crippen LogP contribution < -0.4 is 0 Å². The molecule has 0 bridgehead atoms. The highest BCUT2D eigenvalue weighted by atomic mass is 19.3. The third-order valence-electron chi connectivity index (χ3n) is 8.51. The first-order valence-corrected chi connectivity index (χ1v) is 9.35. The van der Waals surface area contributed by atoms with Gasteiger partial charge in [-0.1, -0.05) is 26.7 Å². The molecule has 22 heavy (non-hydrogen) atoms. The Morgan fingerprint density at radius 1 is 0.864 bits per heavy atom. The van der Waals surface area contributed by atoms with E-state index in [0.717, 1.165) is 51.4 Å². The van der Waals surface area contributed by atoms with Crippen LogP contribution in [0.4, 0.5) is 8.78 Å². The van der Waals surface area contributed by atoms with E-state index in [1.807, 2.05) is 0 Å². The molecule has 7 atom stereocenters. The molecule has 0 spiro atoms. The van der Waals surface area contributed by atoms with Crippen LogP contribution in [0.25, 0.3) is 0 Å². The van der Waals surface area contributed by atoms with Crippen molar-refractivity contribution in [2.45, 2.75) is 83.7 Å². The minimum absolute atomic E-state index is 0.0882. The van der Waals surface area contributed by atoms with Gasteiger partial charge in [0.15, 0.2) is 0 Å². The number of halogens is 2. The minimum Gasteiger partial charge on any atom is -0.393 e. The van der Waals surface area contributed by atoms with Crippen LogP contribution >= 0.6 is 0 Å². The number of hydrogen-bond acceptors (Lipinski definition) is 1. The van der Waals surface area contributed by atoms with Crippen molar-refractivity contribution in [3.05, 3.63) is 0 Å². The van der Waals surface area contributed by atoms with Crippen LogP contribution in [0.2, 0.25) is 0 Å². The lowest BCUT2D eigenvalue weighted by atomic mass is 9.44. The maximum Gasteiger partial charge on any atom is 0.251 e. The molecule has 1 N–H and O–H groups in total. The highest BCUT2D eigenvalue weighted by Crippen LogP contribution is 2.68. The molecule has 0 aromatic heterocycles. The van der Waals surface area contributed by atoms with Gasteiger partial charge in [0.05, 0.1) is 6.10 Å². The molecule has 0 aliphatic heterocycles. The molecule has 4 fully saturated rings. The molecule has 4 aliphatic carbocycles. The molecule has 0 aromatic rings. The zero-order chi connectivity index (χ0) is 15.8. The summed E-state index contributed by atoms with van der Waals surface area (Å²) in [4.78, 5) is 0. The van der Waals surface area contributed by atoms with Gasteiger partial charge in [-0.25, -0.2) is 8.78 Å². The molecule has 4 aliphatic rings. The van der Waals surface area contributed by atoms with E-state index < -0.39 is 11.8 Å². The van der Waals surface area contributed by atoms with Crippen molar-refractivity contribution in [1.82, 2.24) is 0 Å². The average Bonchev–Trinajstić information content (AvgIpc) is 2.74. The van der Waals surface area contributed by atoms with Gasteiger partial charge in [-0.2, -0.15) is 0 Å². The molecular formula is C19H30F2O. The summed E-state index contributed by atoms with van der Waals surface area (Å²) in [5.74, 6) is -1.99. The Kier molecular flexibility index (Phi) is 3.26. The van der Waals surface area contributed by atoms with Crippen molar-refractivity contribution in [2.75, 3.05) is 0 Å². The largest absolute Gasteiger partial charge is 0.393 e. The molecule has 3 heteroatoms. The Labute approximate surface area is 132 Å². The second-order valence-electron chi connectivity index (χ2n) is 9.28. The summed E-state index contributed by atoms with van der Waals surface area (Å²) < 4.78 is 29.9. The quantitative estimate of drug-likeness (QED) is 0.665. The van der Waals surface area contributed by atoms with Crippen LogP contribution in [-0.2, 0) is 0 Å². The van der Waals surface area contributed by atoms with Crippen molar-refractivity contribution >= 4 is 0 Å². The van der Waals surface area contributed by atoms with E-state index in [4.69, 9.17) is 0 Å². The van der Waals surface area contributed by atoms with Gasteiger partial charge >= 0.3 is 0 Å². The van der Waals surface area contributed by atoms with Crippen LogP contribution in [0.1, 0.15) is 71.6 Å². The molecule has 0 heterocycles. The Bertz CT molecular complexity index is 464. The molecule has 4 saturated carbocycles. The summed E-state index contributed by atoms with van der Waals surface area (Å²) in [6.07, 6.45) is 7.48. The van der Waals surface area contributed by atoms with Crippen molar-refractivity contribution in [2.24, 2.45) is 34.5 Å². The van der Waals surface area contributed by atoms with E-state index in [2.05, 4.69) is 13.8 Å². The summed E-state index contributed by atoms with van der Waals surface area (Å²) in [5.41, 5.74) is -0.269. The van der Waals surface area contributed by atoms with Gasteiger partial charge in [-0.15, -0.1) is 0 Å². The summed E-state index contributed by atoms with van der Waals surface area (Å²) in [5, 5.41) is 10.4. The molecule has 0 radical (unpaired) electrons.